The minimum absolute atomic E-state index is 0.0127. The zero-order chi connectivity index (χ0) is 34.1. The lowest BCUT2D eigenvalue weighted by Crippen LogP contribution is -2.33. The van der Waals surface area contributed by atoms with Gasteiger partial charge in [-0.25, -0.2) is 20.4 Å². The van der Waals surface area contributed by atoms with Gasteiger partial charge in [0.25, 0.3) is 0 Å². The van der Waals surface area contributed by atoms with E-state index in [-0.39, 0.29) is 25.3 Å². The summed E-state index contributed by atoms with van der Waals surface area (Å²) in [4.78, 5) is 20.8. The van der Waals surface area contributed by atoms with Gasteiger partial charge in [0, 0.05) is 6.42 Å². The Morgan fingerprint density at radius 3 is 1.79 bits per heavy atom. The Hall–Kier alpha value is -3.96. The lowest BCUT2D eigenvalue weighted by atomic mass is 9.68. The molecule has 0 saturated heterocycles. The van der Waals surface area contributed by atoms with E-state index in [1.165, 1.54) is 7.11 Å². The smallest absolute Gasteiger partial charge is 0.348 e. The molecule has 3 N–H and O–H groups in total. The number of rotatable bonds is 17. The van der Waals surface area contributed by atoms with Crippen molar-refractivity contribution in [1.29, 1.82) is 0 Å². The van der Waals surface area contributed by atoms with E-state index >= 15 is 0 Å². The number of hydrogen-bond acceptors (Lipinski definition) is 10. The number of fused-ring (bicyclic) bond motifs is 1. The van der Waals surface area contributed by atoms with Crippen molar-refractivity contribution in [2.45, 2.75) is 64.9 Å². The highest BCUT2D eigenvalue weighted by Gasteiger charge is 2.42. The summed E-state index contributed by atoms with van der Waals surface area (Å²) in [7, 11) is -2.03. The minimum atomic E-state index is -3.56. The van der Waals surface area contributed by atoms with Gasteiger partial charge >= 0.3 is 7.60 Å². The van der Waals surface area contributed by atoms with Crippen LogP contribution in [0.5, 0.6) is 0 Å². The first-order valence-electron chi connectivity index (χ1n) is 16.2. The van der Waals surface area contributed by atoms with Crippen molar-refractivity contribution in [3.63, 3.8) is 0 Å². The number of anilines is 1. The van der Waals surface area contributed by atoms with Crippen LogP contribution in [0.4, 0.5) is 5.82 Å². The molecule has 0 aliphatic carbocycles. The summed E-state index contributed by atoms with van der Waals surface area (Å²) in [6, 6.07) is 30.6. The van der Waals surface area contributed by atoms with Gasteiger partial charge in [-0.15, -0.1) is 0 Å². The molecule has 0 atom stereocenters. The zero-order valence-electron chi connectivity index (χ0n) is 28.2. The fraction of sp³-hybridized carbons (Fsp3) is 0.361. The molecule has 2 aromatic heterocycles. The Kier molecular flexibility index (Phi) is 11.8. The van der Waals surface area contributed by atoms with Gasteiger partial charge in [-0.1, -0.05) is 91.0 Å². The van der Waals surface area contributed by atoms with Gasteiger partial charge in [-0.3, -0.25) is 14.0 Å². The van der Waals surface area contributed by atoms with Crippen LogP contribution in [0.1, 0.15) is 62.5 Å². The molecule has 12 heteroatoms. The van der Waals surface area contributed by atoms with Crippen LogP contribution in [0, 0.1) is 0 Å². The van der Waals surface area contributed by atoms with Crippen molar-refractivity contribution in [3.8, 4) is 0 Å². The summed E-state index contributed by atoms with van der Waals surface area (Å²) in [5, 5.41) is 0. The first-order valence-corrected chi connectivity index (χ1v) is 17.9. The Labute approximate surface area is 282 Å². The Balaban J connectivity index is 1.74. The van der Waals surface area contributed by atoms with Crippen LogP contribution in [-0.4, -0.2) is 51.7 Å². The van der Waals surface area contributed by atoms with Crippen LogP contribution >= 0.6 is 7.60 Å². The maximum atomic E-state index is 13.6. The zero-order valence-corrected chi connectivity index (χ0v) is 29.1. The summed E-state index contributed by atoms with van der Waals surface area (Å²) >= 11 is 0. The number of nitrogens with two attached hydrogens (primary N) is 1. The SMILES string of the molecule is CONc1nc(C(c2ccccc2)(c2ccccc2)c2ccccc2)nc2c1nc(CCCN)n2COCP(=O)(OC(C)C)OC(C)C. The highest BCUT2D eigenvalue weighted by Crippen LogP contribution is 2.50. The molecular formula is C36H45N6O5P. The lowest BCUT2D eigenvalue weighted by Gasteiger charge is -2.34. The number of ether oxygens (including phenoxy) is 1. The normalized spacial score (nSPS) is 12.3. The molecule has 5 rings (SSSR count). The molecule has 0 bridgehead atoms. The number of aromatic nitrogens is 4. The van der Waals surface area contributed by atoms with Crippen LogP contribution in [0.3, 0.4) is 0 Å². The van der Waals surface area contributed by atoms with Gasteiger partial charge < -0.3 is 19.5 Å². The van der Waals surface area contributed by atoms with E-state index in [2.05, 4.69) is 41.9 Å². The van der Waals surface area contributed by atoms with Crippen LogP contribution in [0.25, 0.3) is 11.2 Å². The maximum absolute atomic E-state index is 13.6. The van der Waals surface area contributed by atoms with Crippen molar-refractivity contribution in [2.24, 2.45) is 5.73 Å². The molecule has 254 valence electrons. The highest BCUT2D eigenvalue weighted by molar-refractivity contribution is 7.53. The largest absolute Gasteiger partial charge is 0.356 e. The van der Waals surface area contributed by atoms with Gasteiger partial charge in [0.05, 0.1) is 19.3 Å². The van der Waals surface area contributed by atoms with Crippen LogP contribution in [0.2, 0.25) is 0 Å². The molecule has 5 aromatic rings. The molecule has 3 aromatic carbocycles. The molecule has 0 aliphatic rings. The van der Waals surface area contributed by atoms with Crippen LogP contribution < -0.4 is 11.2 Å². The van der Waals surface area contributed by atoms with Crippen molar-refractivity contribution >= 4 is 24.6 Å². The van der Waals surface area contributed by atoms with Gasteiger partial charge in [-0.2, -0.15) is 0 Å². The summed E-state index contributed by atoms with van der Waals surface area (Å²) < 4.78 is 33.1. The second-order valence-electron chi connectivity index (χ2n) is 12.0. The third kappa shape index (κ3) is 7.68. The number of benzene rings is 3. The van der Waals surface area contributed by atoms with E-state index in [1.54, 1.807) is 0 Å². The van der Waals surface area contributed by atoms with Gasteiger partial charge in [0.15, 0.2) is 29.2 Å². The van der Waals surface area contributed by atoms with Gasteiger partial charge in [0.1, 0.15) is 18.0 Å². The second kappa shape index (κ2) is 16.0. The number of nitrogens with one attached hydrogen (secondary N) is 1. The Morgan fingerprint density at radius 2 is 1.33 bits per heavy atom. The lowest BCUT2D eigenvalue weighted by molar-refractivity contribution is 0.0703. The number of hydrogen-bond donors (Lipinski definition) is 2. The highest BCUT2D eigenvalue weighted by atomic mass is 31.2. The van der Waals surface area contributed by atoms with Crippen molar-refractivity contribution in [3.05, 3.63) is 119 Å². The first kappa shape index (κ1) is 35.3. The van der Waals surface area contributed by atoms with Crippen molar-refractivity contribution in [1.82, 2.24) is 19.5 Å². The molecular weight excluding hydrogens is 627 g/mol. The molecule has 0 aliphatic heterocycles. The summed E-state index contributed by atoms with van der Waals surface area (Å²) in [6.07, 6.45) is 0.369. The summed E-state index contributed by atoms with van der Waals surface area (Å²) in [5.41, 5.74) is 11.9. The van der Waals surface area contributed by atoms with Crippen molar-refractivity contribution < 1.29 is 23.2 Å². The maximum Gasteiger partial charge on any atom is 0.356 e. The Morgan fingerprint density at radius 1 is 0.812 bits per heavy atom. The average Bonchev–Trinajstić information content (AvgIpc) is 3.42. The quantitative estimate of drug-likeness (QED) is 0.0601. The van der Waals surface area contributed by atoms with Gasteiger partial charge in [0.2, 0.25) is 0 Å². The molecule has 0 spiro atoms. The van der Waals surface area contributed by atoms with Crippen LogP contribution in [-0.2, 0) is 41.8 Å². The third-order valence-corrected chi connectivity index (χ3v) is 9.63. The molecule has 0 amide bonds. The number of imidazole rings is 1. The topological polar surface area (TPSA) is 136 Å². The summed E-state index contributed by atoms with van der Waals surface area (Å²) in [6.45, 7) is 7.71. The first-order chi connectivity index (χ1) is 23.2. The fourth-order valence-electron chi connectivity index (χ4n) is 5.89. The summed E-state index contributed by atoms with van der Waals surface area (Å²) in [5.74, 6) is 1.59. The van der Waals surface area contributed by atoms with E-state index < -0.39 is 13.0 Å². The monoisotopic (exact) mass is 672 g/mol. The predicted octanol–water partition coefficient (Wildman–Crippen LogP) is 7.05. The van der Waals surface area contributed by atoms with E-state index in [1.807, 2.05) is 86.9 Å². The Bertz CT molecular complexity index is 1690. The minimum Gasteiger partial charge on any atom is -0.348 e. The van der Waals surface area contributed by atoms with Crippen LogP contribution in [0.15, 0.2) is 91.0 Å². The number of aryl methyl sites for hydroxylation is 1. The molecule has 48 heavy (non-hydrogen) atoms. The standard InChI is InChI=1S/C36H45N6O5P/c1-26(2)46-48(43,47-27(3)4)25-45-24-42-31(22-15-23-37)38-32-33(41-44-5)39-35(40-34(32)42)36(28-16-9-6-10-17-28,29-18-11-7-12-19-29)30-20-13-8-14-21-30/h6-14,16-21,26-27H,15,22-25,37H2,1-5H3,(H,39,40,41). The molecule has 0 unspecified atom stereocenters. The second-order valence-corrected chi connectivity index (χ2v) is 13.9. The third-order valence-electron chi connectivity index (χ3n) is 7.65. The molecule has 11 nitrogen and oxygen atoms in total. The van der Waals surface area contributed by atoms with Crippen molar-refractivity contribution in [2.75, 3.05) is 25.5 Å². The fourth-order valence-corrected chi connectivity index (χ4v) is 7.65. The molecule has 0 saturated carbocycles. The van der Waals surface area contributed by atoms with E-state index in [0.717, 1.165) is 16.7 Å². The van der Waals surface area contributed by atoms with Gasteiger partial charge in [-0.05, 0) is 57.4 Å². The number of nitrogens with zero attached hydrogens (tertiary/aromatic N) is 4. The average molecular weight is 673 g/mol. The molecule has 0 radical (unpaired) electrons. The molecule has 2 heterocycles. The molecule has 0 fully saturated rings. The van der Waals surface area contributed by atoms with E-state index in [4.69, 9.17) is 39.3 Å². The van der Waals surface area contributed by atoms with E-state index in [0.29, 0.717) is 48.0 Å². The van der Waals surface area contributed by atoms with E-state index in [9.17, 15) is 4.57 Å². The predicted molar refractivity (Wildman–Crippen MR) is 188 cm³/mol.